The van der Waals surface area contributed by atoms with Crippen LogP contribution in [0, 0.1) is 0 Å². The summed E-state index contributed by atoms with van der Waals surface area (Å²) >= 11 is 0. The van der Waals surface area contributed by atoms with E-state index in [0.717, 1.165) is 0 Å². The van der Waals surface area contributed by atoms with Crippen LogP contribution in [0.5, 0.6) is 0 Å². The van der Waals surface area contributed by atoms with Crippen LogP contribution in [0.3, 0.4) is 0 Å². The average Bonchev–Trinajstić information content (AvgIpc) is 2.59. The van der Waals surface area contributed by atoms with Crippen molar-refractivity contribution in [3.8, 4) is 0 Å². The molecule has 0 aliphatic carbocycles. The summed E-state index contributed by atoms with van der Waals surface area (Å²) in [4.78, 5) is 0. The molecule has 0 unspecified atom stereocenters. The highest BCUT2D eigenvalue weighted by atomic mass is 35.5. The highest BCUT2D eigenvalue weighted by Crippen LogP contribution is 1.96. The minimum Gasteiger partial charge on any atom is -1.00 e. The Morgan fingerprint density at radius 3 is 2.76 bits per heavy atom. The zero-order chi connectivity index (χ0) is 12.2. The van der Waals surface area contributed by atoms with Crippen molar-refractivity contribution in [2.45, 2.75) is 13.5 Å². The maximum Gasteiger partial charge on any atom is 0.303 e. The lowest BCUT2D eigenvalue weighted by molar-refractivity contribution is -0.671. The van der Waals surface area contributed by atoms with Crippen molar-refractivity contribution in [2.24, 2.45) is 12.2 Å². The molecule has 0 amide bonds. The summed E-state index contributed by atoms with van der Waals surface area (Å²) < 4.78 is 26.2. The summed E-state index contributed by atoms with van der Waals surface area (Å²) in [6, 6.07) is 0. The summed E-state index contributed by atoms with van der Waals surface area (Å²) in [5.41, 5.74) is 0. The molecule has 1 N–H and O–H groups in total. The number of oxime groups is 1. The van der Waals surface area contributed by atoms with Crippen molar-refractivity contribution in [2.75, 3.05) is 11.5 Å². The summed E-state index contributed by atoms with van der Waals surface area (Å²) in [7, 11) is -1.18. The lowest BCUT2D eigenvalue weighted by Crippen LogP contribution is -3.00. The second-order valence-corrected chi connectivity index (χ2v) is 5.91. The van der Waals surface area contributed by atoms with Gasteiger partial charge >= 0.3 is 5.82 Å². The molecule has 0 fully saturated rings. The third-order valence-corrected chi connectivity index (χ3v) is 4.07. The highest BCUT2D eigenvalue weighted by Gasteiger charge is 2.15. The Hall–Kier alpha value is -1.08. The number of aromatic nitrogens is 2. The minimum atomic E-state index is -2.98. The monoisotopic (exact) mass is 281 g/mol. The van der Waals surface area contributed by atoms with Crippen LogP contribution in [0.2, 0.25) is 0 Å². The van der Waals surface area contributed by atoms with Crippen molar-refractivity contribution in [3.63, 3.8) is 0 Å². The molecule has 1 aromatic heterocycles. The van der Waals surface area contributed by atoms with E-state index in [9.17, 15) is 8.42 Å². The van der Waals surface area contributed by atoms with Gasteiger partial charge in [-0.05, 0) is 0 Å². The molecule has 8 heteroatoms. The van der Waals surface area contributed by atoms with E-state index in [-0.39, 0.29) is 23.9 Å². The number of hydrogen-bond acceptors (Lipinski definition) is 4. The van der Waals surface area contributed by atoms with Gasteiger partial charge in [0.2, 0.25) is 0 Å². The van der Waals surface area contributed by atoms with Crippen LogP contribution in [-0.2, 0) is 23.4 Å². The molecule has 0 spiro atoms. The van der Waals surface area contributed by atoms with E-state index in [1.54, 1.807) is 35.5 Å². The first-order valence-corrected chi connectivity index (χ1v) is 6.75. The number of hydrogen-bond donors (Lipinski definition) is 1. The Bertz CT molecular complexity index is 482. The Kier molecular flexibility index (Phi) is 6.19. The van der Waals surface area contributed by atoms with Gasteiger partial charge in [-0.15, -0.1) is 0 Å². The molecule has 0 atom stereocenters. The quantitative estimate of drug-likeness (QED) is 0.264. The van der Waals surface area contributed by atoms with Crippen molar-refractivity contribution in [3.05, 3.63) is 18.2 Å². The van der Waals surface area contributed by atoms with Gasteiger partial charge in [0.15, 0.2) is 16.1 Å². The largest absolute Gasteiger partial charge is 1.00 e. The van der Waals surface area contributed by atoms with Crippen LogP contribution in [0.25, 0.3) is 0 Å². The Labute approximate surface area is 107 Å². The maximum absolute atomic E-state index is 11.3. The number of rotatable bonds is 5. The lowest BCUT2D eigenvalue weighted by Gasteiger charge is -1.99. The molecule has 1 aromatic rings. The number of sulfone groups is 1. The van der Waals surface area contributed by atoms with Crippen molar-refractivity contribution >= 4 is 16.1 Å². The average molecular weight is 282 g/mol. The predicted octanol–water partition coefficient (Wildman–Crippen LogP) is -3.44. The maximum atomic E-state index is 11.3. The molecule has 0 aliphatic rings. The SMILES string of the molecule is CCS(=O)(=O)CCn1cc[n+](C)c1/C=N/O.[Cl-]. The van der Waals surface area contributed by atoms with Gasteiger partial charge in [0.25, 0.3) is 0 Å². The van der Waals surface area contributed by atoms with E-state index in [2.05, 4.69) is 5.16 Å². The molecule has 0 saturated carbocycles. The van der Waals surface area contributed by atoms with Crippen molar-refractivity contribution in [1.82, 2.24) is 4.57 Å². The van der Waals surface area contributed by atoms with Gasteiger partial charge in [0.05, 0.1) is 12.8 Å². The first-order chi connectivity index (χ1) is 7.50. The zero-order valence-electron chi connectivity index (χ0n) is 9.74. The smallest absolute Gasteiger partial charge is 0.303 e. The van der Waals surface area contributed by atoms with Crippen LogP contribution < -0.4 is 17.0 Å². The second kappa shape index (κ2) is 6.61. The lowest BCUT2D eigenvalue weighted by atomic mass is 10.6. The number of aryl methyl sites for hydroxylation is 2. The molecule has 0 bridgehead atoms. The summed E-state index contributed by atoms with van der Waals surface area (Å²) in [6.07, 6.45) is 4.80. The van der Waals surface area contributed by atoms with Crippen LogP contribution in [0.15, 0.2) is 17.5 Å². The van der Waals surface area contributed by atoms with Crippen LogP contribution in [0.4, 0.5) is 0 Å². The van der Waals surface area contributed by atoms with E-state index in [1.807, 2.05) is 0 Å². The molecule has 1 rings (SSSR count). The fourth-order valence-corrected chi connectivity index (χ4v) is 2.09. The van der Waals surface area contributed by atoms with E-state index >= 15 is 0 Å². The van der Waals surface area contributed by atoms with Crippen molar-refractivity contribution in [1.29, 1.82) is 0 Å². The van der Waals surface area contributed by atoms with Crippen LogP contribution >= 0.6 is 0 Å². The highest BCUT2D eigenvalue weighted by molar-refractivity contribution is 7.91. The van der Waals surface area contributed by atoms with Crippen LogP contribution in [0.1, 0.15) is 12.7 Å². The molecule has 98 valence electrons. The third kappa shape index (κ3) is 4.35. The molecule has 17 heavy (non-hydrogen) atoms. The topological polar surface area (TPSA) is 75.5 Å². The summed E-state index contributed by atoms with van der Waals surface area (Å²) in [5.74, 6) is 0.877. The van der Waals surface area contributed by atoms with E-state index < -0.39 is 9.84 Å². The Morgan fingerprint density at radius 1 is 1.59 bits per heavy atom. The standard InChI is InChI=1S/C9H15N3O3S.ClH/c1-3-16(14,15)7-6-12-5-4-11(2)9(12)8-10-13;/h4-5,8H,3,6-7H2,1-2H3;1H. The molecular weight excluding hydrogens is 266 g/mol. The Balaban J connectivity index is 0.00000256. The molecule has 1 heterocycles. The molecular formula is C9H16ClN3O3S. The van der Waals surface area contributed by atoms with Gasteiger partial charge < -0.3 is 17.6 Å². The fraction of sp³-hybridized carbons (Fsp3) is 0.556. The van der Waals surface area contributed by atoms with Crippen molar-refractivity contribution < 1.29 is 30.6 Å². The molecule has 0 aliphatic heterocycles. The van der Waals surface area contributed by atoms with Gasteiger partial charge in [-0.2, -0.15) is 0 Å². The number of imidazole rings is 1. The third-order valence-electron chi connectivity index (χ3n) is 2.38. The van der Waals surface area contributed by atoms with Crippen LogP contribution in [-0.4, -0.2) is 35.9 Å². The molecule has 0 radical (unpaired) electrons. The first kappa shape index (κ1) is 15.9. The summed E-state index contributed by atoms with van der Waals surface area (Å²) in [5, 5.41) is 11.4. The van der Waals surface area contributed by atoms with E-state index in [4.69, 9.17) is 5.21 Å². The van der Waals surface area contributed by atoms with Gasteiger partial charge in [0, 0.05) is 5.75 Å². The second-order valence-electron chi connectivity index (χ2n) is 3.44. The van der Waals surface area contributed by atoms with E-state index in [0.29, 0.717) is 12.4 Å². The van der Waals surface area contributed by atoms with Gasteiger partial charge in [0.1, 0.15) is 18.9 Å². The minimum absolute atomic E-state index is 0. The fourth-order valence-electron chi connectivity index (χ4n) is 1.32. The van der Waals surface area contributed by atoms with E-state index in [1.165, 1.54) is 6.21 Å². The zero-order valence-corrected chi connectivity index (χ0v) is 11.3. The number of halogens is 1. The molecule has 0 saturated heterocycles. The molecule has 0 aromatic carbocycles. The Morgan fingerprint density at radius 2 is 2.24 bits per heavy atom. The van der Waals surface area contributed by atoms with Gasteiger partial charge in [-0.25, -0.2) is 17.6 Å². The van der Waals surface area contributed by atoms with Gasteiger partial charge in [-0.3, -0.25) is 0 Å². The summed E-state index contributed by atoms with van der Waals surface area (Å²) in [6.45, 7) is 1.99. The molecule has 6 nitrogen and oxygen atoms in total. The predicted molar refractivity (Wildman–Crippen MR) is 59.3 cm³/mol. The normalized spacial score (nSPS) is 11.6. The first-order valence-electron chi connectivity index (χ1n) is 4.93. The number of nitrogens with zero attached hydrogens (tertiary/aromatic N) is 3. The van der Waals surface area contributed by atoms with Gasteiger partial charge in [-0.1, -0.05) is 12.1 Å².